The summed E-state index contributed by atoms with van der Waals surface area (Å²) in [7, 11) is 0. The SMILES string of the molecule is [2H]C([2H])([2H])C([2H])([2H])C([2H])([2H])C([2H])([2H])C([2H])([2H])C([2H])([2H])C([2H])([2H])C([2H])([2H])C([2H])([2H])C([2H])([2H])C([2H])([2H])C([2H])([2H])C([2H])([2H])C([2H])([2H])C([2H])([2H])C(=O)OC([2H])([2H])C([2H])(OC(=O)C([2H])([2H])C([2H])([2H])C([2H])([2H])C([2H])([2H])C([2H])([2H])C([2H])([2H])C([2H])([2H])C([2H])([2H])C([2H])([2H])C([2H])([2H])C([2H])([2H])C([2H])([2H])C([2H])([2H])C([2H])([2H])C([2H])([2H])[2H])C([2H])([2H])OC(=O)C([2H])([2H])C([2H])([2H])C([2H])([2H])C([2H])([2H])C([2H])([2H])C([2H])([2H])C([2H])([2H])C([2H])([2H])C([2H])([2H])C([2H])([2H])C([2H])([2H])C([2H])([2H])C([2H])([2H])C([2H])([2H])C([2H])([2H])[2H]. The minimum absolute atomic E-state index is 3.94. The number of carbonyl (C=O) groups is 3. The smallest absolute Gasteiger partial charge is 0.306 e. The number of esters is 3. The molecule has 0 heterocycles. The standard InChI is InChI=1S/C51H98O6/c1-4-7-10-13-16-19-22-25-28-31-34-37-40-43-49(52)55-46-48(57-51(54)45-42-39-36-33-30-27-24-21-18-15-12-9-6-3)47-56-50(53)44-41-38-35-32-29-26-23-20-17-14-11-8-5-2/h48H,4-47H2,1-3H3/i1D3,2D3,3D3,4D2,5D2,6D2,7D2,8D2,9D2,10D2,11D2,12D2,13D2,14D2,15D2,16D2,17D2,18D2,19D2,20D2,21D2,22D2,23D2,24D2,25D2,26D2,27D2,28D2,29D2,30D2,31D2,32D2,33D2,34D2,35D2,36D2,37D2,38D2,39D2,40D2,41D2,42D2,43D2,44D2,45D2,46D2,47D2,48D. The number of hydrogen-bond acceptors (Lipinski definition) is 6. The zero-order valence-electron chi connectivity index (χ0n) is 126. The van der Waals surface area contributed by atoms with Crippen LogP contribution < -0.4 is 0 Å². The van der Waals surface area contributed by atoms with E-state index in [-0.39, 0.29) is 0 Å². The summed E-state index contributed by atoms with van der Waals surface area (Å²) in [4.78, 5) is 43.8. The lowest BCUT2D eigenvalue weighted by molar-refractivity contribution is -0.167. The average molecular weight is 906 g/mol. The van der Waals surface area contributed by atoms with Crippen LogP contribution in [0.1, 0.15) is 423 Å². The van der Waals surface area contributed by atoms with E-state index < -0.39 is 325 Å². The first-order chi connectivity index (χ1) is 64.9. The van der Waals surface area contributed by atoms with Crippen molar-refractivity contribution in [3.05, 3.63) is 0 Å². The fraction of sp³-hybridized carbons (Fsp3) is 0.941. The highest BCUT2D eigenvalue weighted by Gasteiger charge is 2.19. The van der Waals surface area contributed by atoms with Gasteiger partial charge < -0.3 is 14.2 Å². The number of carbonyl (C=O) groups excluding carboxylic acids is 3. The molecule has 0 unspecified atom stereocenters. The molecule has 0 aliphatic carbocycles. The summed E-state index contributed by atoms with van der Waals surface area (Å²) >= 11 is 0. The molecule has 0 spiro atoms. The van der Waals surface area contributed by atoms with Crippen molar-refractivity contribution in [2.75, 3.05) is 13.1 Å². The number of rotatable bonds is 47. The lowest BCUT2D eigenvalue weighted by atomic mass is 10.0. The van der Waals surface area contributed by atoms with Crippen LogP contribution in [-0.2, 0) is 28.6 Å². The molecule has 0 saturated carbocycles. The summed E-state index contributed by atoms with van der Waals surface area (Å²) in [6.45, 7) is -26.2. The van der Waals surface area contributed by atoms with Gasteiger partial charge in [-0.3, -0.25) is 14.4 Å². The Morgan fingerprint density at radius 3 is 0.807 bits per heavy atom. The number of ether oxygens (including phenoxy) is 3. The van der Waals surface area contributed by atoms with Crippen molar-refractivity contribution in [2.24, 2.45) is 0 Å². The van der Waals surface area contributed by atoms with E-state index in [0.717, 1.165) is 0 Å². The number of hydrogen-bond donors (Lipinski definition) is 0. The molecule has 0 bridgehead atoms. The molecule has 0 aromatic heterocycles. The Hall–Kier alpha value is -1.59. The van der Waals surface area contributed by atoms with Gasteiger partial charge in [0.15, 0.2) is 6.08 Å². The molecule has 6 heteroatoms. The predicted octanol–water partition coefficient (Wildman–Crippen LogP) is 16.4. The van der Waals surface area contributed by atoms with E-state index in [1.807, 2.05) is 0 Å². The lowest BCUT2D eigenvalue weighted by Crippen LogP contribution is -2.30. The van der Waals surface area contributed by atoms with E-state index in [1.54, 1.807) is 0 Å². The Balaban J connectivity index is 10.1. The van der Waals surface area contributed by atoms with Crippen LogP contribution in [-0.4, -0.2) is 37.1 Å². The summed E-state index contributed by atoms with van der Waals surface area (Å²) in [5, 5.41) is 0. The van der Waals surface area contributed by atoms with Crippen LogP contribution in [0, 0.1) is 0 Å². The van der Waals surface area contributed by atoms with E-state index in [1.165, 1.54) is 0 Å². The monoisotopic (exact) mass is 905 g/mol. The van der Waals surface area contributed by atoms with Crippen LogP contribution in [0.15, 0.2) is 0 Å². The molecule has 0 fully saturated rings. The zero-order valence-corrected chi connectivity index (χ0v) is 27.9. The molecule has 0 N–H and O–H groups in total. The molecule has 0 atom stereocenters. The second-order valence-electron chi connectivity index (χ2n) is 6.95. The average Bonchev–Trinajstić information content (AvgIpc) is 0.677. The maximum atomic E-state index is 14.8. The van der Waals surface area contributed by atoms with E-state index in [9.17, 15) is 14.4 Å². The first-order valence-corrected chi connectivity index (χ1v) is 13.6. The van der Waals surface area contributed by atoms with Gasteiger partial charge in [0.2, 0.25) is 0 Å². The molecule has 338 valence electrons. The van der Waals surface area contributed by atoms with Crippen molar-refractivity contribution in [1.29, 1.82) is 0 Å². The third kappa shape index (κ3) is 45.3. The Morgan fingerprint density at radius 1 is 0.351 bits per heavy atom. The molecule has 0 radical (unpaired) electrons. The van der Waals surface area contributed by atoms with Crippen molar-refractivity contribution >= 4 is 17.9 Å². The zero-order chi connectivity index (χ0) is 129. The van der Waals surface area contributed by atoms with Crippen LogP contribution in [0.4, 0.5) is 0 Å². The van der Waals surface area contributed by atoms with Gasteiger partial charge in [-0.15, -0.1) is 0 Å². The van der Waals surface area contributed by atoms with Gasteiger partial charge in [-0.25, -0.2) is 0 Å². The molecular formula is C51H98O6. The van der Waals surface area contributed by atoms with Crippen molar-refractivity contribution in [3.63, 3.8) is 0 Å². The molecule has 0 aromatic carbocycles. The van der Waals surface area contributed by atoms with Crippen LogP contribution in [0.2, 0.25) is 0 Å². The van der Waals surface area contributed by atoms with E-state index in [2.05, 4.69) is 14.2 Å². The highest BCUT2D eigenvalue weighted by Crippen LogP contribution is 2.16. The van der Waals surface area contributed by atoms with Gasteiger partial charge in [0.1, 0.15) is 13.1 Å². The summed E-state index contributed by atoms with van der Waals surface area (Å²) < 4.78 is 826. The maximum absolute atomic E-state index is 14.8. The van der Waals surface area contributed by atoms with Gasteiger partial charge in [-0.1, -0.05) is 250 Å². The maximum Gasteiger partial charge on any atom is 0.306 e. The third-order valence-electron chi connectivity index (χ3n) is 3.41. The molecule has 0 rings (SSSR count). The molecule has 6 nitrogen and oxygen atoms in total. The Labute approximate surface area is 492 Å². The Kier molecular flexibility index (Phi) is 5.83. The summed E-state index contributed by atoms with van der Waals surface area (Å²) in [6, 6.07) is 0. The van der Waals surface area contributed by atoms with Gasteiger partial charge >= 0.3 is 17.9 Å². The van der Waals surface area contributed by atoms with E-state index >= 15 is 0 Å². The van der Waals surface area contributed by atoms with Gasteiger partial charge in [-0.05, 0) is 19.1 Å². The second kappa shape index (κ2) is 47.1. The molecule has 57 heavy (non-hydrogen) atoms. The fourth-order valence-electron chi connectivity index (χ4n) is 1.70. The van der Waals surface area contributed by atoms with Crippen molar-refractivity contribution in [2.45, 2.75) is 294 Å². The normalized spacial score (nSPS) is 48.8. The molecular weight excluding hydrogens is 709 g/mol. The van der Waals surface area contributed by atoms with Crippen molar-refractivity contribution in [1.82, 2.24) is 0 Å². The van der Waals surface area contributed by atoms with E-state index in [0.29, 0.717) is 0 Å². The van der Waals surface area contributed by atoms with Crippen molar-refractivity contribution in [3.8, 4) is 0 Å². The first-order valence-electron chi connectivity index (χ1n) is 62.6. The summed E-state index contributed by atoms with van der Waals surface area (Å²) in [5.41, 5.74) is 0. The third-order valence-corrected chi connectivity index (χ3v) is 3.41. The largest absolute Gasteiger partial charge is 0.462 e. The Bertz CT molecular complexity index is 4860. The van der Waals surface area contributed by atoms with Crippen LogP contribution in [0.5, 0.6) is 0 Å². The molecule has 0 saturated heterocycles. The van der Waals surface area contributed by atoms with Crippen LogP contribution >= 0.6 is 0 Å². The molecule has 0 amide bonds. The highest BCUT2D eigenvalue weighted by atomic mass is 16.6. The fourth-order valence-corrected chi connectivity index (χ4v) is 1.70. The van der Waals surface area contributed by atoms with Gasteiger partial charge in [0.05, 0.1) is 6.85 Å². The Morgan fingerprint density at radius 2 is 0.561 bits per heavy atom. The van der Waals surface area contributed by atoms with Gasteiger partial charge in [-0.2, -0.15) is 0 Å². The second-order valence-corrected chi connectivity index (χ2v) is 6.95. The topological polar surface area (TPSA) is 78.9 Å². The van der Waals surface area contributed by atoms with Gasteiger partial charge in [0.25, 0.3) is 0 Å². The van der Waals surface area contributed by atoms with Crippen LogP contribution in [0.25, 0.3) is 0 Å². The predicted molar refractivity (Wildman–Crippen MR) is 243 cm³/mol. The molecule has 0 aliphatic heterocycles. The lowest BCUT2D eigenvalue weighted by Gasteiger charge is -2.18. The van der Waals surface area contributed by atoms with Crippen LogP contribution in [0.3, 0.4) is 0 Å². The minimum atomic E-state index is -6.63. The van der Waals surface area contributed by atoms with Gasteiger partial charge in [0, 0.05) is 147 Å². The first kappa shape index (κ1) is 7.06. The minimum Gasteiger partial charge on any atom is -0.462 e. The summed E-state index contributed by atoms with van der Waals surface area (Å²) in [6.07, 6.45) is -245. The molecule has 0 aromatic rings. The quantitative estimate of drug-likeness (QED) is 0.0447. The summed E-state index contributed by atoms with van der Waals surface area (Å²) in [5.74, 6) is -12.5. The van der Waals surface area contributed by atoms with Crippen molar-refractivity contribution < 1.29 is 163 Å². The highest BCUT2D eigenvalue weighted by molar-refractivity contribution is 5.71. The molecule has 0 aliphatic rings. The van der Waals surface area contributed by atoms with E-state index in [4.69, 9.17) is 134 Å².